The van der Waals surface area contributed by atoms with Crippen molar-refractivity contribution in [3.63, 3.8) is 0 Å². The van der Waals surface area contributed by atoms with E-state index in [1.54, 1.807) is 13.8 Å². The Morgan fingerprint density at radius 2 is 1.92 bits per heavy atom. The second kappa shape index (κ2) is 4.24. The molecule has 3 heteroatoms. The van der Waals surface area contributed by atoms with Crippen molar-refractivity contribution < 1.29 is 9.18 Å². The second-order valence-electron chi connectivity index (χ2n) is 2.73. The second-order valence-corrected chi connectivity index (χ2v) is 2.73. The van der Waals surface area contributed by atoms with Crippen LogP contribution >= 0.6 is 0 Å². The largest absolute Gasteiger partial charge is 0.355 e. The first-order valence-electron chi connectivity index (χ1n) is 4.12. The van der Waals surface area contributed by atoms with Gasteiger partial charge in [0.05, 0.1) is 0 Å². The standard InChI is InChI=1S/C9H16FNO/c1-5-9(10,6-2)7(3)8(12)11-4/h3,5-6H2,1-2,4H3,(H,11,12). The van der Waals surface area contributed by atoms with E-state index in [2.05, 4.69) is 11.9 Å². The van der Waals surface area contributed by atoms with Gasteiger partial charge in [-0.1, -0.05) is 20.4 Å². The van der Waals surface area contributed by atoms with Crippen molar-refractivity contribution in [2.75, 3.05) is 7.05 Å². The molecular weight excluding hydrogens is 157 g/mol. The molecule has 0 saturated carbocycles. The molecule has 0 radical (unpaired) electrons. The Bertz CT molecular complexity index is 185. The van der Waals surface area contributed by atoms with Crippen molar-refractivity contribution in [1.29, 1.82) is 0 Å². The van der Waals surface area contributed by atoms with Gasteiger partial charge in [0, 0.05) is 12.6 Å². The first-order chi connectivity index (χ1) is 5.51. The quantitative estimate of drug-likeness (QED) is 0.645. The summed E-state index contributed by atoms with van der Waals surface area (Å²) >= 11 is 0. The van der Waals surface area contributed by atoms with Crippen molar-refractivity contribution in [3.05, 3.63) is 12.2 Å². The van der Waals surface area contributed by atoms with Crippen LogP contribution in [0.25, 0.3) is 0 Å². The number of hydrogen-bond acceptors (Lipinski definition) is 1. The van der Waals surface area contributed by atoms with Gasteiger partial charge in [0.1, 0.15) is 5.67 Å². The molecule has 12 heavy (non-hydrogen) atoms. The lowest BCUT2D eigenvalue weighted by Crippen LogP contribution is -2.33. The van der Waals surface area contributed by atoms with Crippen molar-refractivity contribution in [2.45, 2.75) is 32.4 Å². The number of carbonyl (C=O) groups excluding carboxylic acids is 1. The molecule has 0 aromatic carbocycles. The molecule has 0 heterocycles. The highest BCUT2D eigenvalue weighted by Gasteiger charge is 2.32. The molecule has 0 bridgehead atoms. The van der Waals surface area contributed by atoms with Gasteiger partial charge in [-0.25, -0.2) is 4.39 Å². The number of likely N-dealkylation sites (N-methyl/N-ethyl adjacent to an activating group) is 1. The fraction of sp³-hybridized carbons (Fsp3) is 0.667. The number of halogens is 1. The topological polar surface area (TPSA) is 29.1 Å². The van der Waals surface area contributed by atoms with E-state index in [0.717, 1.165) is 0 Å². The Kier molecular flexibility index (Phi) is 3.93. The number of hydrogen-bond donors (Lipinski definition) is 1. The maximum absolute atomic E-state index is 13.7. The van der Waals surface area contributed by atoms with Crippen LogP contribution in [0.2, 0.25) is 0 Å². The molecule has 0 unspecified atom stereocenters. The zero-order valence-corrected chi connectivity index (χ0v) is 7.91. The average Bonchev–Trinajstić information content (AvgIpc) is 2.14. The normalized spacial score (nSPS) is 11.0. The van der Waals surface area contributed by atoms with E-state index in [1.165, 1.54) is 7.05 Å². The predicted octanol–water partition coefficient (Wildman–Crippen LogP) is 1.82. The van der Waals surface area contributed by atoms with Crippen molar-refractivity contribution in [3.8, 4) is 0 Å². The molecule has 0 atom stereocenters. The summed E-state index contributed by atoms with van der Waals surface area (Å²) in [7, 11) is 1.47. The molecule has 2 nitrogen and oxygen atoms in total. The van der Waals surface area contributed by atoms with Gasteiger partial charge in [-0.3, -0.25) is 4.79 Å². The minimum absolute atomic E-state index is 0.0231. The third kappa shape index (κ3) is 2.06. The van der Waals surface area contributed by atoms with Gasteiger partial charge in [0.15, 0.2) is 0 Å². The minimum atomic E-state index is -1.54. The Labute approximate surface area is 72.8 Å². The van der Waals surface area contributed by atoms with Gasteiger partial charge >= 0.3 is 0 Å². The van der Waals surface area contributed by atoms with Crippen molar-refractivity contribution in [1.82, 2.24) is 5.32 Å². The summed E-state index contributed by atoms with van der Waals surface area (Å²) < 4.78 is 13.7. The van der Waals surface area contributed by atoms with Crippen molar-refractivity contribution >= 4 is 5.91 Å². The molecule has 0 spiro atoms. The molecule has 0 saturated heterocycles. The van der Waals surface area contributed by atoms with Gasteiger partial charge in [0.2, 0.25) is 5.91 Å². The van der Waals surface area contributed by atoms with Crippen molar-refractivity contribution in [2.24, 2.45) is 0 Å². The third-order valence-electron chi connectivity index (χ3n) is 2.16. The van der Waals surface area contributed by atoms with E-state index < -0.39 is 11.6 Å². The first-order valence-corrected chi connectivity index (χ1v) is 4.12. The lowest BCUT2D eigenvalue weighted by molar-refractivity contribution is -0.118. The van der Waals surface area contributed by atoms with E-state index in [9.17, 15) is 9.18 Å². The number of amides is 1. The zero-order chi connectivity index (χ0) is 9.78. The van der Waals surface area contributed by atoms with E-state index >= 15 is 0 Å². The SMILES string of the molecule is C=C(C(=O)NC)C(F)(CC)CC. The molecule has 0 aliphatic heterocycles. The molecule has 0 aromatic rings. The van der Waals surface area contributed by atoms with Crippen LogP contribution in [0.4, 0.5) is 4.39 Å². The molecule has 0 rings (SSSR count). The Morgan fingerprint density at radius 3 is 2.17 bits per heavy atom. The average molecular weight is 173 g/mol. The fourth-order valence-electron chi connectivity index (χ4n) is 1.03. The first kappa shape index (κ1) is 11.1. The van der Waals surface area contributed by atoms with E-state index in [1.807, 2.05) is 0 Å². The van der Waals surface area contributed by atoms with Gasteiger partial charge < -0.3 is 5.32 Å². The molecule has 0 fully saturated rings. The minimum Gasteiger partial charge on any atom is -0.355 e. The third-order valence-corrected chi connectivity index (χ3v) is 2.16. The fourth-order valence-corrected chi connectivity index (χ4v) is 1.03. The van der Waals surface area contributed by atoms with Gasteiger partial charge in [-0.2, -0.15) is 0 Å². The highest BCUT2D eigenvalue weighted by atomic mass is 19.1. The number of rotatable bonds is 4. The summed E-state index contributed by atoms with van der Waals surface area (Å²) in [4.78, 5) is 11.0. The maximum atomic E-state index is 13.7. The van der Waals surface area contributed by atoms with E-state index in [4.69, 9.17) is 0 Å². The summed E-state index contributed by atoms with van der Waals surface area (Å²) in [6.07, 6.45) is 0.575. The van der Waals surface area contributed by atoms with Crippen LogP contribution in [0.1, 0.15) is 26.7 Å². The van der Waals surface area contributed by atoms with Crippen LogP contribution in [0.3, 0.4) is 0 Å². The molecule has 1 N–H and O–H groups in total. The molecule has 70 valence electrons. The maximum Gasteiger partial charge on any atom is 0.249 e. The monoisotopic (exact) mass is 173 g/mol. The summed E-state index contributed by atoms with van der Waals surface area (Å²) in [5.74, 6) is -0.416. The van der Waals surface area contributed by atoms with Crippen LogP contribution in [0.5, 0.6) is 0 Å². The van der Waals surface area contributed by atoms with Crippen LogP contribution in [-0.4, -0.2) is 18.6 Å². The lowest BCUT2D eigenvalue weighted by Gasteiger charge is -2.23. The number of alkyl halides is 1. The predicted molar refractivity (Wildman–Crippen MR) is 47.6 cm³/mol. The van der Waals surface area contributed by atoms with Gasteiger partial charge in [-0.15, -0.1) is 0 Å². The smallest absolute Gasteiger partial charge is 0.249 e. The van der Waals surface area contributed by atoms with Crippen LogP contribution in [-0.2, 0) is 4.79 Å². The Morgan fingerprint density at radius 1 is 1.50 bits per heavy atom. The lowest BCUT2D eigenvalue weighted by atomic mass is 9.91. The van der Waals surface area contributed by atoms with Crippen LogP contribution in [0.15, 0.2) is 12.2 Å². The van der Waals surface area contributed by atoms with E-state index in [0.29, 0.717) is 0 Å². The van der Waals surface area contributed by atoms with Crippen LogP contribution < -0.4 is 5.32 Å². The molecule has 0 aliphatic rings. The summed E-state index contributed by atoms with van der Waals surface area (Å²) in [6, 6.07) is 0. The highest BCUT2D eigenvalue weighted by Crippen LogP contribution is 2.28. The Balaban J connectivity index is 4.53. The van der Waals surface area contributed by atoms with Crippen LogP contribution in [0, 0.1) is 0 Å². The highest BCUT2D eigenvalue weighted by molar-refractivity contribution is 5.94. The molecule has 1 amide bonds. The summed E-state index contributed by atoms with van der Waals surface area (Å²) in [5, 5.41) is 2.36. The van der Waals surface area contributed by atoms with E-state index in [-0.39, 0.29) is 18.4 Å². The number of nitrogens with one attached hydrogen (secondary N) is 1. The van der Waals surface area contributed by atoms with Gasteiger partial charge in [-0.05, 0) is 12.8 Å². The summed E-state index contributed by atoms with van der Waals surface area (Å²) in [5.41, 5.74) is -1.52. The summed E-state index contributed by atoms with van der Waals surface area (Å²) in [6.45, 7) is 6.86. The molecule has 0 aliphatic carbocycles. The van der Waals surface area contributed by atoms with Gasteiger partial charge in [0.25, 0.3) is 0 Å². The molecule has 0 aromatic heterocycles. The zero-order valence-electron chi connectivity index (χ0n) is 7.91. The Hall–Kier alpha value is -0.860. The number of carbonyl (C=O) groups is 1. The molecular formula is C9H16FNO.